The largest absolute Gasteiger partial charge is 0.458 e. The van der Waals surface area contributed by atoms with Crippen molar-refractivity contribution >= 4 is 17.8 Å². The number of rotatable bonds is 4. The Labute approximate surface area is 146 Å². The number of imidazole rings is 1. The Balaban J connectivity index is 2.04. The zero-order chi connectivity index (χ0) is 18.6. The van der Waals surface area contributed by atoms with E-state index in [1.165, 1.54) is 13.3 Å². The Morgan fingerprint density at radius 3 is 2.52 bits per heavy atom. The number of hydrogen-bond donors (Lipinski definition) is 3. The van der Waals surface area contributed by atoms with E-state index in [1.54, 1.807) is 25.7 Å². The van der Waals surface area contributed by atoms with E-state index in [0.29, 0.717) is 26.2 Å². The molecule has 1 aliphatic rings. The fourth-order valence-electron chi connectivity index (χ4n) is 2.37. The Kier molecular flexibility index (Phi) is 5.78. The Bertz CT molecular complexity index is 643. The molecule has 138 valence electrons. The van der Waals surface area contributed by atoms with E-state index in [4.69, 9.17) is 4.74 Å². The molecule has 0 unspecified atom stereocenters. The summed E-state index contributed by atoms with van der Waals surface area (Å²) in [4.78, 5) is 45.3. The van der Waals surface area contributed by atoms with E-state index in [9.17, 15) is 14.4 Å². The van der Waals surface area contributed by atoms with Gasteiger partial charge in [-0.2, -0.15) is 0 Å². The number of esters is 1. The van der Waals surface area contributed by atoms with Crippen molar-refractivity contribution in [3.8, 4) is 0 Å². The summed E-state index contributed by atoms with van der Waals surface area (Å²) in [5, 5.41) is 5.68. The van der Waals surface area contributed by atoms with Gasteiger partial charge < -0.3 is 25.3 Å². The Morgan fingerprint density at radius 1 is 1.28 bits per heavy atom. The molecule has 25 heavy (non-hydrogen) atoms. The molecule has 1 aromatic rings. The lowest BCUT2D eigenvalue weighted by Crippen LogP contribution is -2.47. The van der Waals surface area contributed by atoms with Gasteiger partial charge in [-0.1, -0.05) is 0 Å². The summed E-state index contributed by atoms with van der Waals surface area (Å²) < 4.78 is 5.23. The molecule has 3 N–H and O–H groups in total. The standard InChI is InChI=1S/C16H25N5O4/c1-10(15(24)25-16(2,3)4)20-13(22)11-12(19-9-18-11)14(23)21-7-5-17-6-8-21/h9-10,17H,5-8H2,1-4H3,(H,18,19)(H,20,22)/t10-/m0/s1. The van der Waals surface area contributed by atoms with E-state index in [-0.39, 0.29) is 17.3 Å². The third-order valence-electron chi connectivity index (χ3n) is 3.58. The molecule has 1 aliphatic heterocycles. The summed E-state index contributed by atoms with van der Waals surface area (Å²) in [6.07, 6.45) is 1.29. The van der Waals surface area contributed by atoms with Gasteiger partial charge in [0.05, 0.1) is 6.33 Å². The van der Waals surface area contributed by atoms with Crippen molar-refractivity contribution < 1.29 is 19.1 Å². The predicted molar refractivity (Wildman–Crippen MR) is 90.1 cm³/mol. The number of aromatic amines is 1. The monoisotopic (exact) mass is 351 g/mol. The van der Waals surface area contributed by atoms with Crippen LogP contribution < -0.4 is 10.6 Å². The number of ether oxygens (including phenoxy) is 1. The van der Waals surface area contributed by atoms with Crippen molar-refractivity contribution in [2.45, 2.75) is 39.3 Å². The van der Waals surface area contributed by atoms with Gasteiger partial charge in [0, 0.05) is 26.2 Å². The molecule has 9 heteroatoms. The van der Waals surface area contributed by atoms with Gasteiger partial charge in [0.15, 0.2) is 5.69 Å². The Morgan fingerprint density at radius 2 is 1.92 bits per heavy atom. The minimum absolute atomic E-state index is 0.0288. The molecule has 1 aromatic heterocycles. The van der Waals surface area contributed by atoms with Crippen LogP contribution in [-0.4, -0.2) is 70.5 Å². The van der Waals surface area contributed by atoms with Crippen LogP contribution in [0, 0.1) is 0 Å². The number of carbonyl (C=O) groups is 3. The molecule has 0 saturated carbocycles. The molecule has 1 fully saturated rings. The highest BCUT2D eigenvalue weighted by atomic mass is 16.6. The van der Waals surface area contributed by atoms with Crippen molar-refractivity contribution in [2.24, 2.45) is 0 Å². The third kappa shape index (κ3) is 5.02. The molecule has 2 heterocycles. The number of carbonyl (C=O) groups excluding carboxylic acids is 3. The Hall–Kier alpha value is -2.42. The van der Waals surface area contributed by atoms with Gasteiger partial charge in [0.2, 0.25) is 0 Å². The van der Waals surface area contributed by atoms with Gasteiger partial charge in [0.1, 0.15) is 17.3 Å². The molecule has 1 saturated heterocycles. The van der Waals surface area contributed by atoms with Crippen molar-refractivity contribution in [3.63, 3.8) is 0 Å². The van der Waals surface area contributed by atoms with Crippen molar-refractivity contribution in [1.29, 1.82) is 0 Å². The highest BCUT2D eigenvalue weighted by Crippen LogP contribution is 2.11. The maximum atomic E-state index is 12.5. The second-order valence-corrected chi connectivity index (χ2v) is 6.90. The molecular weight excluding hydrogens is 326 g/mol. The molecule has 0 spiro atoms. The van der Waals surface area contributed by atoms with Crippen molar-refractivity contribution in [1.82, 2.24) is 25.5 Å². The number of H-pyrrole nitrogens is 1. The van der Waals surface area contributed by atoms with Gasteiger partial charge in [0.25, 0.3) is 11.8 Å². The molecule has 1 atom stereocenters. The van der Waals surface area contributed by atoms with Crippen molar-refractivity contribution in [3.05, 3.63) is 17.7 Å². The van der Waals surface area contributed by atoms with E-state index in [0.717, 1.165) is 0 Å². The topological polar surface area (TPSA) is 116 Å². The molecule has 0 bridgehead atoms. The lowest BCUT2D eigenvalue weighted by Gasteiger charge is -2.27. The number of nitrogens with one attached hydrogen (secondary N) is 3. The summed E-state index contributed by atoms with van der Waals surface area (Å²) in [5.41, 5.74) is -0.555. The lowest BCUT2D eigenvalue weighted by atomic mass is 10.2. The first-order chi connectivity index (χ1) is 11.7. The van der Waals surface area contributed by atoms with E-state index >= 15 is 0 Å². The van der Waals surface area contributed by atoms with Crippen LogP contribution in [0.1, 0.15) is 48.7 Å². The van der Waals surface area contributed by atoms with Gasteiger partial charge in [-0.05, 0) is 27.7 Å². The molecule has 0 aliphatic carbocycles. The minimum atomic E-state index is -0.856. The van der Waals surface area contributed by atoms with Crippen LogP contribution >= 0.6 is 0 Å². The second kappa shape index (κ2) is 7.64. The highest BCUT2D eigenvalue weighted by molar-refractivity contribution is 6.05. The average molecular weight is 351 g/mol. The maximum absolute atomic E-state index is 12.5. The van der Waals surface area contributed by atoms with Crippen LogP contribution in [0.5, 0.6) is 0 Å². The first kappa shape index (κ1) is 18.9. The smallest absolute Gasteiger partial charge is 0.328 e. The number of piperazine rings is 1. The summed E-state index contributed by atoms with van der Waals surface area (Å²) in [5.74, 6) is -1.43. The highest BCUT2D eigenvalue weighted by Gasteiger charge is 2.28. The minimum Gasteiger partial charge on any atom is -0.458 e. The quantitative estimate of drug-likeness (QED) is 0.653. The van der Waals surface area contributed by atoms with Gasteiger partial charge in [-0.3, -0.25) is 9.59 Å². The summed E-state index contributed by atoms with van der Waals surface area (Å²) in [6.45, 7) is 9.30. The number of amides is 2. The average Bonchev–Trinajstić information content (AvgIpc) is 3.03. The fourth-order valence-corrected chi connectivity index (χ4v) is 2.37. The predicted octanol–water partition coefficient (Wildman–Crippen LogP) is -0.0849. The second-order valence-electron chi connectivity index (χ2n) is 6.90. The lowest BCUT2D eigenvalue weighted by molar-refractivity contribution is -0.156. The molecule has 0 radical (unpaired) electrons. The maximum Gasteiger partial charge on any atom is 0.328 e. The van der Waals surface area contributed by atoms with Crippen LogP contribution in [0.3, 0.4) is 0 Å². The molecular formula is C16H25N5O4. The number of aromatic nitrogens is 2. The normalized spacial score (nSPS) is 16.2. The van der Waals surface area contributed by atoms with E-state index in [2.05, 4.69) is 20.6 Å². The molecule has 2 amide bonds. The first-order valence-corrected chi connectivity index (χ1v) is 8.26. The van der Waals surface area contributed by atoms with E-state index in [1.807, 2.05) is 0 Å². The molecule has 0 aromatic carbocycles. The van der Waals surface area contributed by atoms with Gasteiger partial charge in [-0.25, -0.2) is 9.78 Å². The zero-order valence-electron chi connectivity index (χ0n) is 15.0. The van der Waals surface area contributed by atoms with E-state index < -0.39 is 23.5 Å². The molecule has 9 nitrogen and oxygen atoms in total. The molecule has 2 rings (SSSR count). The summed E-state index contributed by atoms with van der Waals surface area (Å²) >= 11 is 0. The van der Waals surface area contributed by atoms with Crippen LogP contribution in [0.4, 0.5) is 0 Å². The van der Waals surface area contributed by atoms with Crippen molar-refractivity contribution in [2.75, 3.05) is 26.2 Å². The van der Waals surface area contributed by atoms with Crippen LogP contribution in [-0.2, 0) is 9.53 Å². The van der Waals surface area contributed by atoms with Crippen LogP contribution in [0.25, 0.3) is 0 Å². The van der Waals surface area contributed by atoms with Crippen LogP contribution in [0.15, 0.2) is 6.33 Å². The first-order valence-electron chi connectivity index (χ1n) is 8.26. The fraction of sp³-hybridized carbons (Fsp3) is 0.625. The number of hydrogen-bond acceptors (Lipinski definition) is 6. The number of nitrogens with zero attached hydrogens (tertiary/aromatic N) is 2. The summed E-state index contributed by atoms with van der Waals surface area (Å²) in [6, 6.07) is -0.856. The summed E-state index contributed by atoms with van der Waals surface area (Å²) in [7, 11) is 0. The SMILES string of the molecule is C[C@H](NC(=O)c1nc[nH]c1C(=O)N1CCNCC1)C(=O)OC(C)(C)C. The van der Waals surface area contributed by atoms with Gasteiger partial charge in [-0.15, -0.1) is 0 Å². The third-order valence-corrected chi connectivity index (χ3v) is 3.58. The van der Waals surface area contributed by atoms with Crippen LogP contribution in [0.2, 0.25) is 0 Å². The van der Waals surface area contributed by atoms with Gasteiger partial charge >= 0.3 is 5.97 Å². The zero-order valence-corrected chi connectivity index (χ0v) is 15.0.